The molecule has 0 radical (unpaired) electrons. The number of amides is 1. The smallest absolute Gasteiger partial charge is 0.252 e. The van der Waals surface area contributed by atoms with E-state index in [1.54, 1.807) is 29.1 Å². The van der Waals surface area contributed by atoms with Gasteiger partial charge in [-0.2, -0.15) is 0 Å². The highest BCUT2D eigenvalue weighted by Gasteiger charge is 2.12. The van der Waals surface area contributed by atoms with Crippen LogP contribution in [-0.4, -0.2) is 32.0 Å². The maximum atomic E-state index is 12.4. The molecule has 4 aromatic rings. The fraction of sp³-hybridized carbons (Fsp3) is 0.167. The highest BCUT2D eigenvalue weighted by atomic mass is 35.5. The number of aryl methyl sites for hydroxylation is 1. The number of aromatic nitrogens is 4. The predicted molar refractivity (Wildman–Crippen MR) is 97.1 cm³/mol. The number of hydrogen-bond acceptors (Lipinski definition) is 3. The van der Waals surface area contributed by atoms with Gasteiger partial charge in [-0.15, -0.1) is 10.2 Å². The van der Waals surface area contributed by atoms with Gasteiger partial charge < -0.3 is 10.3 Å². The van der Waals surface area contributed by atoms with E-state index in [0.717, 1.165) is 27.2 Å². The van der Waals surface area contributed by atoms with Gasteiger partial charge in [0.1, 0.15) is 6.33 Å². The molecular weight excluding hydrogens is 338 g/mol. The van der Waals surface area contributed by atoms with Crippen LogP contribution in [0.2, 0.25) is 5.02 Å². The second-order valence-corrected chi connectivity index (χ2v) is 6.32. The number of aromatic amines is 1. The van der Waals surface area contributed by atoms with Crippen molar-refractivity contribution in [1.29, 1.82) is 0 Å². The van der Waals surface area contributed by atoms with Crippen LogP contribution in [0.3, 0.4) is 0 Å². The molecule has 4 rings (SSSR count). The van der Waals surface area contributed by atoms with Gasteiger partial charge in [-0.1, -0.05) is 17.7 Å². The third kappa shape index (κ3) is 2.85. The molecule has 0 aliphatic rings. The summed E-state index contributed by atoms with van der Waals surface area (Å²) in [7, 11) is 0. The lowest BCUT2D eigenvalue weighted by Crippen LogP contribution is -2.26. The summed E-state index contributed by atoms with van der Waals surface area (Å²) in [4.78, 5) is 15.7. The summed E-state index contributed by atoms with van der Waals surface area (Å²) in [6, 6.07) is 9.32. The van der Waals surface area contributed by atoms with E-state index in [4.69, 9.17) is 11.6 Å². The molecule has 25 heavy (non-hydrogen) atoms. The van der Waals surface area contributed by atoms with Gasteiger partial charge in [0.05, 0.1) is 10.6 Å². The fourth-order valence-electron chi connectivity index (χ4n) is 3.08. The molecule has 6 nitrogen and oxygen atoms in total. The number of carbonyl (C=O) groups is 1. The number of rotatable bonds is 4. The molecule has 0 unspecified atom stereocenters. The number of H-pyrrole nitrogens is 1. The van der Waals surface area contributed by atoms with Gasteiger partial charge >= 0.3 is 0 Å². The van der Waals surface area contributed by atoms with Crippen molar-refractivity contribution in [1.82, 2.24) is 24.9 Å². The van der Waals surface area contributed by atoms with Crippen molar-refractivity contribution in [3.63, 3.8) is 0 Å². The SMILES string of the molecule is Cc1[nH]c2cccc(Cl)c2c1CCNC(=O)c1ccc2nncn2c1. The maximum absolute atomic E-state index is 12.4. The number of hydrogen-bond donors (Lipinski definition) is 2. The maximum Gasteiger partial charge on any atom is 0.252 e. The van der Waals surface area contributed by atoms with Gasteiger partial charge in [0.15, 0.2) is 5.65 Å². The van der Waals surface area contributed by atoms with Crippen LogP contribution in [0.4, 0.5) is 0 Å². The topological polar surface area (TPSA) is 75.1 Å². The second-order valence-electron chi connectivity index (χ2n) is 5.91. The zero-order valence-corrected chi connectivity index (χ0v) is 14.3. The van der Waals surface area contributed by atoms with Crippen LogP contribution in [0.1, 0.15) is 21.6 Å². The van der Waals surface area contributed by atoms with E-state index in [9.17, 15) is 4.79 Å². The molecule has 1 aromatic carbocycles. The van der Waals surface area contributed by atoms with Crippen LogP contribution >= 0.6 is 11.6 Å². The molecule has 3 aromatic heterocycles. The van der Waals surface area contributed by atoms with Crippen LogP contribution in [-0.2, 0) is 6.42 Å². The van der Waals surface area contributed by atoms with Crippen LogP contribution in [0.5, 0.6) is 0 Å². The number of benzene rings is 1. The minimum absolute atomic E-state index is 0.126. The van der Waals surface area contributed by atoms with Crippen molar-refractivity contribution in [2.75, 3.05) is 6.54 Å². The van der Waals surface area contributed by atoms with E-state index in [-0.39, 0.29) is 5.91 Å². The van der Waals surface area contributed by atoms with E-state index in [2.05, 4.69) is 20.5 Å². The molecule has 7 heteroatoms. The molecule has 0 aliphatic heterocycles. The molecule has 0 saturated heterocycles. The number of fused-ring (bicyclic) bond motifs is 2. The Hall–Kier alpha value is -2.86. The molecule has 126 valence electrons. The van der Waals surface area contributed by atoms with Crippen LogP contribution < -0.4 is 5.32 Å². The van der Waals surface area contributed by atoms with Crippen molar-refractivity contribution < 1.29 is 4.79 Å². The molecular formula is C18H16ClN5O. The van der Waals surface area contributed by atoms with Crippen LogP contribution in [0.25, 0.3) is 16.6 Å². The molecule has 2 N–H and O–H groups in total. The molecule has 0 spiro atoms. The molecule has 0 saturated carbocycles. The Morgan fingerprint density at radius 2 is 2.20 bits per heavy atom. The van der Waals surface area contributed by atoms with Crippen LogP contribution in [0, 0.1) is 6.92 Å². The van der Waals surface area contributed by atoms with Crippen molar-refractivity contribution in [3.8, 4) is 0 Å². The number of carbonyl (C=O) groups excluding carboxylic acids is 1. The quantitative estimate of drug-likeness (QED) is 0.592. The Morgan fingerprint density at radius 3 is 3.08 bits per heavy atom. The Labute approximate surface area is 148 Å². The van der Waals surface area contributed by atoms with Gasteiger partial charge in [-0.25, -0.2) is 0 Å². The monoisotopic (exact) mass is 353 g/mol. The molecule has 0 aliphatic carbocycles. The molecule has 3 heterocycles. The van der Waals surface area contributed by atoms with Gasteiger partial charge in [0, 0.05) is 29.3 Å². The lowest BCUT2D eigenvalue weighted by molar-refractivity contribution is 0.0953. The van der Waals surface area contributed by atoms with Gasteiger partial charge in [0.25, 0.3) is 5.91 Å². The highest BCUT2D eigenvalue weighted by Crippen LogP contribution is 2.29. The number of halogens is 1. The first kappa shape index (κ1) is 15.7. The Kier molecular flexibility index (Phi) is 3.89. The molecule has 0 atom stereocenters. The summed E-state index contributed by atoms with van der Waals surface area (Å²) in [5.41, 5.74) is 4.50. The second kappa shape index (κ2) is 6.22. The Morgan fingerprint density at radius 1 is 1.32 bits per heavy atom. The van der Waals surface area contributed by atoms with Crippen molar-refractivity contribution in [2.24, 2.45) is 0 Å². The van der Waals surface area contributed by atoms with Crippen molar-refractivity contribution >= 4 is 34.1 Å². The lowest BCUT2D eigenvalue weighted by atomic mass is 10.1. The Balaban J connectivity index is 1.49. The fourth-order valence-corrected chi connectivity index (χ4v) is 3.37. The predicted octanol–water partition coefficient (Wildman–Crippen LogP) is 3.14. The third-order valence-electron chi connectivity index (χ3n) is 4.30. The summed E-state index contributed by atoms with van der Waals surface area (Å²) < 4.78 is 1.72. The summed E-state index contributed by atoms with van der Waals surface area (Å²) in [6.07, 6.45) is 4.00. The molecule has 0 bridgehead atoms. The first-order valence-corrected chi connectivity index (χ1v) is 8.34. The largest absolute Gasteiger partial charge is 0.358 e. The molecule has 0 fully saturated rings. The molecule has 1 amide bonds. The first-order valence-electron chi connectivity index (χ1n) is 7.97. The minimum Gasteiger partial charge on any atom is -0.358 e. The summed E-state index contributed by atoms with van der Waals surface area (Å²) in [5.74, 6) is -0.126. The standard InChI is InChI=1S/C18H16ClN5O/c1-11-13(17-14(19)3-2-4-15(17)22-11)7-8-20-18(25)12-5-6-16-23-21-10-24(16)9-12/h2-6,9-10,22H,7-8H2,1H3,(H,20,25). The van der Waals surface area contributed by atoms with E-state index >= 15 is 0 Å². The number of pyridine rings is 1. The Bertz CT molecular complexity index is 1080. The van der Waals surface area contributed by atoms with Crippen molar-refractivity contribution in [3.05, 3.63) is 64.7 Å². The summed E-state index contributed by atoms with van der Waals surface area (Å²) >= 11 is 6.34. The van der Waals surface area contributed by atoms with Gasteiger partial charge in [-0.05, 0) is 43.2 Å². The van der Waals surface area contributed by atoms with Gasteiger partial charge in [-0.3, -0.25) is 9.20 Å². The van der Waals surface area contributed by atoms with E-state index in [1.807, 2.05) is 25.1 Å². The number of nitrogens with one attached hydrogen (secondary N) is 2. The van der Waals surface area contributed by atoms with E-state index in [0.29, 0.717) is 24.2 Å². The van der Waals surface area contributed by atoms with Crippen molar-refractivity contribution in [2.45, 2.75) is 13.3 Å². The minimum atomic E-state index is -0.126. The van der Waals surface area contributed by atoms with Crippen LogP contribution in [0.15, 0.2) is 42.9 Å². The van der Waals surface area contributed by atoms with E-state index in [1.165, 1.54) is 0 Å². The zero-order valence-electron chi connectivity index (χ0n) is 13.6. The lowest BCUT2D eigenvalue weighted by Gasteiger charge is -2.07. The first-order chi connectivity index (χ1) is 12.1. The zero-order chi connectivity index (χ0) is 17.4. The number of nitrogens with zero attached hydrogens (tertiary/aromatic N) is 3. The average molecular weight is 354 g/mol. The average Bonchev–Trinajstić information content (AvgIpc) is 3.19. The summed E-state index contributed by atoms with van der Waals surface area (Å²) in [6.45, 7) is 2.55. The third-order valence-corrected chi connectivity index (χ3v) is 4.62. The normalized spacial score (nSPS) is 11.3. The summed E-state index contributed by atoms with van der Waals surface area (Å²) in [5, 5.41) is 12.4. The highest BCUT2D eigenvalue weighted by molar-refractivity contribution is 6.35. The van der Waals surface area contributed by atoms with E-state index < -0.39 is 0 Å². The van der Waals surface area contributed by atoms with Gasteiger partial charge in [0.2, 0.25) is 0 Å².